The summed E-state index contributed by atoms with van der Waals surface area (Å²) in [6, 6.07) is 22.4. The monoisotopic (exact) mass is 419 g/mol. The highest BCUT2D eigenvalue weighted by Crippen LogP contribution is 2.36. The summed E-state index contributed by atoms with van der Waals surface area (Å²) in [6.07, 6.45) is 0.241. The molecule has 0 aliphatic rings. The summed E-state index contributed by atoms with van der Waals surface area (Å²) in [6.45, 7) is 0. The molecule has 0 spiro atoms. The molecule has 4 rings (SSSR count). The van der Waals surface area contributed by atoms with Crippen LogP contribution in [0.25, 0.3) is 20.8 Å². The number of nitrogens with one attached hydrogen (secondary N) is 2. The molecule has 0 saturated carbocycles. The van der Waals surface area contributed by atoms with Crippen molar-refractivity contribution in [2.75, 3.05) is 5.32 Å². The van der Waals surface area contributed by atoms with Gasteiger partial charge in [-0.3, -0.25) is 4.79 Å². The number of aromatic nitrogens is 1. The third-order valence-electron chi connectivity index (χ3n) is 4.24. The van der Waals surface area contributed by atoms with Crippen molar-refractivity contribution in [3.05, 3.63) is 78.4 Å². The zero-order chi connectivity index (χ0) is 20.2. The first kappa shape index (κ1) is 19.0. The van der Waals surface area contributed by atoms with Crippen LogP contribution in [-0.2, 0) is 11.2 Å². The number of rotatable bonds is 4. The number of aromatic hydroxyl groups is 1. The molecule has 0 aliphatic heterocycles. The molecule has 3 N–H and O–H groups in total. The number of carbonyl (C=O) groups is 1. The Morgan fingerprint density at radius 2 is 1.79 bits per heavy atom. The van der Waals surface area contributed by atoms with E-state index in [2.05, 4.69) is 15.6 Å². The summed E-state index contributed by atoms with van der Waals surface area (Å²) in [7, 11) is 0. The van der Waals surface area contributed by atoms with Crippen LogP contribution in [0.4, 0.5) is 5.69 Å². The zero-order valence-corrected chi connectivity index (χ0v) is 16.9. The number of thiocarbonyl (C=S) groups is 1. The Bertz CT molecular complexity index is 1160. The molecule has 3 aromatic carbocycles. The molecule has 0 fully saturated rings. The van der Waals surface area contributed by atoms with E-state index in [0.29, 0.717) is 11.3 Å². The predicted molar refractivity (Wildman–Crippen MR) is 121 cm³/mol. The SMILES string of the molecule is O=C(Cc1ccccc1)NC(=S)Nc1ccc(-c2nc3ccccc3s2)c(O)c1. The van der Waals surface area contributed by atoms with E-state index in [9.17, 15) is 9.90 Å². The number of para-hydroxylation sites is 1. The molecular weight excluding hydrogens is 402 g/mol. The Kier molecular flexibility index (Phi) is 5.50. The second-order valence-corrected chi connectivity index (χ2v) is 7.82. The molecule has 0 bridgehead atoms. The number of carbonyl (C=O) groups excluding carboxylic acids is 1. The number of nitrogens with zero attached hydrogens (tertiary/aromatic N) is 1. The molecule has 7 heteroatoms. The molecule has 1 aromatic heterocycles. The molecule has 5 nitrogen and oxygen atoms in total. The van der Waals surface area contributed by atoms with E-state index >= 15 is 0 Å². The van der Waals surface area contributed by atoms with E-state index in [1.165, 1.54) is 11.3 Å². The van der Waals surface area contributed by atoms with Gasteiger partial charge >= 0.3 is 0 Å². The van der Waals surface area contributed by atoms with E-state index in [1.807, 2.05) is 54.6 Å². The first-order chi connectivity index (χ1) is 14.1. The highest BCUT2D eigenvalue weighted by molar-refractivity contribution is 7.80. The molecule has 0 aliphatic carbocycles. The highest BCUT2D eigenvalue weighted by atomic mass is 32.1. The van der Waals surface area contributed by atoms with Crippen molar-refractivity contribution >= 4 is 50.5 Å². The van der Waals surface area contributed by atoms with Crippen molar-refractivity contribution in [3.63, 3.8) is 0 Å². The number of benzene rings is 3. The zero-order valence-electron chi connectivity index (χ0n) is 15.3. The average molecular weight is 420 g/mol. The fraction of sp³-hybridized carbons (Fsp3) is 0.0455. The Balaban J connectivity index is 1.42. The van der Waals surface area contributed by atoms with Gasteiger partial charge in [0, 0.05) is 11.8 Å². The lowest BCUT2D eigenvalue weighted by atomic mass is 10.1. The van der Waals surface area contributed by atoms with E-state index < -0.39 is 0 Å². The van der Waals surface area contributed by atoms with Crippen LogP contribution in [0.3, 0.4) is 0 Å². The van der Waals surface area contributed by atoms with E-state index in [4.69, 9.17) is 12.2 Å². The maximum atomic E-state index is 12.1. The van der Waals surface area contributed by atoms with Crippen LogP contribution in [0.15, 0.2) is 72.8 Å². The molecule has 1 amide bonds. The first-order valence-corrected chi connectivity index (χ1v) is 10.1. The van der Waals surface area contributed by atoms with Gasteiger partial charge in [0.05, 0.1) is 22.2 Å². The van der Waals surface area contributed by atoms with Crippen LogP contribution in [-0.4, -0.2) is 21.1 Å². The number of amides is 1. The molecular formula is C22H17N3O2S2. The van der Waals surface area contributed by atoms with Gasteiger partial charge in [-0.1, -0.05) is 42.5 Å². The van der Waals surface area contributed by atoms with Crippen molar-refractivity contribution < 1.29 is 9.90 Å². The highest BCUT2D eigenvalue weighted by Gasteiger charge is 2.12. The van der Waals surface area contributed by atoms with Gasteiger partial charge in [0.1, 0.15) is 10.8 Å². The Hall–Kier alpha value is -3.29. The van der Waals surface area contributed by atoms with Crippen molar-refractivity contribution in [2.45, 2.75) is 6.42 Å². The number of hydrogen-bond acceptors (Lipinski definition) is 5. The molecule has 0 atom stereocenters. The number of anilines is 1. The van der Waals surface area contributed by atoms with Crippen molar-refractivity contribution in [1.82, 2.24) is 10.3 Å². The van der Waals surface area contributed by atoms with Crippen LogP contribution in [0.5, 0.6) is 5.75 Å². The fourth-order valence-corrected chi connectivity index (χ4v) is 4.12. The molecule has 0 radical (unpaired) electrons. The number of phenolic OH excluding ortho intramolecular Hbond substituents is 1. The normalized spacial score (nSPS) is 10.6. The number of hydrogen-bond donors (Lipinski definition) is 3. The second kappa shape index (κ2) is 8.38. The minimum absolute atomic E-state index is 0.0902. The third kappa shape index (κ3) is 4.59. The van der Waals surface area contributed by atoms with E-state index in [0.717, 1.165) is 20.8 Å². The quantitative estimate of drug-likeness (QED) is 0.417. The fourth-order valence-electron chi connectivity index (χ4n) is 2.89. The van der Waals surface area contributed by atoms with Gasteiger partial charge in [-0.15, -0.1) is 11.3 Å². The maximum absolute atomic E-state index is 12.1. The van der Waals surface area contributed by atoms with Gasteiger partial charge in [0.2, 0.25) is 5.91 Å². The largest absolute Gasteiger partial charge is 0.507 e. The van der Waals surface area contributed by atoms with Crippen LogP contribution in [0, 0.1) is 0 Å². The maximum Gasteiger partial charge on any atom is 0.230 e. The standard InChI is InChI=1S/C22H17N3O2S2/c26-18-13-15(23-22(28)25-20(27)12-14-6-2-1-3-7-14)10-11-16(18)21-24-17-8-4-5-9-19(17)29-21/h1-11,13,26H,12H2,(H2,23,25,27,28). The van der Waals surface area contributed by atoms with E-state index in [-0.39, 0.29) is 23.2 Å². The molecule has 1 heterocycles. The topological polar surface area (TPSA) is 74.2 Å². The summed E-state index contributed by atoms with van der Waals surface area (Å²) < 4.78 is 1.06. The van der Waals surface area contributed by atoms with Crippen molar-refractivity contribution in [1.29, 1.82) is 0 Å². The predicted octanol–water partition coefficient (Wildman–Crippen LogP) is 4.72. The molecule has 29 heavy (non-hydrogen) atoms. The summed E-state index contributed by atoms with van der Waals surface area (Å²) in [5, 5.41) is 17.0. The molecule has 0 unspecified atom stereocenters. The lowest BCUT2D eigenvalue weighted by Crippen LogP contribution is -2.35. The van der Waals surface area contributed by atoms with Gasteiger partial charge in [-0.25, -0.2) is 4.98 Å². The minimum Gasteiger partial charge on any atom is -0.507 e. The van der Waals surface area contributed by atoms with Crippen molar-refractivity contribution in [3.8, 4) is 16.3 Å². The Labute approximate surface area is 177 Å². The summed E-state index contributed by atoms with van der Waals surface area (Å²) in [4.78, 5) is 16.7. The Morgan fingerprint density at radius 1 is 1.03 bits per heavy atom. The van der Waals surface area contributed by atoms with Crippen LogP contribution in [0.1, 0.15) is 5.56 Å². The van der Waals surface area contributed by atoms with Gasteiger partial charge < -0.3 is 15.7 Å². The first-order valence-electron chi connectivity index (χ1n) is 8.92. The van der Waals surface area contributed by atoms with Crippen LogP contribution < -0.4 is 10.6 Å². The number of fused-ring (bicyclic) bond motifs is 1. The van der Waals surface area contributed by atoms with Gasteiger partial charge in [0.15, 0.2) is 5.11 Å². The lowest BCUT2D eigenvalue weighted by molar-refractivity contribution is -0.119. The molecule has 0 saturated heterocycles. The van der Waals surface area contributed by atoms with Crippen LogP contribution >= 0.6 is 23.6 Å². The van der Waals surface area contributed by atoms with Crippen LogP contribution in [0.2, 0.25) is 0 Å². The Morgan fingerprint density at radius 3 is 2.55 bits per heavy atom. The number of phenols is 1. The average Bonchev–Trinajstić information content (AvgIpc) is 3.12. The van der Waals surface area contributed by atoms with Crippen molar-refractivity contribution in [2.24, 2.45) is 0 Å². The van der Waals surface area contributed by atoms with Gasteiger partial charge in [-0.2, -0.15) is 0 Å². The lowest BCUT2D eigenvalue weighted by Gasteiger charge is -2.11. The molecule has 144 valence electrons. The van der Waals surface area contributed by atoms with Gasteiger partial charge in [-0.05, 0) is 42.0 Å². The third-order valence-corrected chi connectivity index (χ3v) is 5.51. The molecule has 4 aromatic rings. The second-order valence-electron chi connectivity index (χ2n) is 6.38. The smallest absolute Gasteiger partial charge is 0.230 e. The van der Waals surface area contributed by atoms with E-state index in [1.54, 1.807) is 18.2 Å². The number of thiazole rings is 1. The minimum atomic E-state index is -0.205. The summed E-state index contributed by atoms with van der Waals surface area (Å²) >= 11 is 6.73. The summed E-state index contributed by atoms with van der Waals surface area (Å²) in [5.41, 5.74) is 3.04. The van der Waals surface area contributed by atoms with Gasteiger partial charge in [0.25, 0.3) is 0 Å². The summed E-state index contributed by atoms with van der Waals surface area (Å²) in [5.74, 6) is -0.114.